The van der Waals surface area contributed by atoms with E-state index in [-0.39, 0.29) is 11.8 Å². The Balaban J connectivity index is 2.15. The number of amides is 1. The summed E-state index contributed by atoms with van der Waals surface area (Å²) in [7, 11) is 0. The molecular weight excluding hydrogens is 280 g/mol. The van der Waals surface area contributed by atoms with Crippen LogP contribution in [0.3, 0.4) is 0 Å². The fraction of sp³-hybridized carbons (Fsp3) is 0.429. The van der Waals surface area contributed by atoms with Gasteiger partial charge in [0.15, 0.2) is 0 Å². The largest absolute Gasteiger partial charge is 0.439 e. The molecule has 1 aliphatic rings. The Morgan fingerprint density at radius 1 is 1.60 bits per heavy atom. The summed E-state index contributed by atoms with van der Waals surface area (Å²) >= 11 is 5.94. The number of nitrogens with zero attached hydrogens (tertiary/aromatic N) is 1. The van der Waals surface area contributed by atoms with Gasteiger partial charge in [0, 0.05) is 11.6 Å². The van der Waals surface area contributed by atoms with Crippen molar-refractivity contribution >= 4 is 23.4 Å². The Hall–Kier alpha value is -1.75. The zero-order chi connectivity index (χ0) is 14.5. The van der Waals surface area contributed by atoms with E-state index in [0.29, 0.717) is 23.7 Å². The van der Waals surface area contributed by atoms with Crippen molar-refractivity contribution in [2.45, 2.75) is 26.2 Å². The first-order chi connectivity index (χ1) is 9.65. The maximum absolute atomic E-state index is 12.1. The van der Waals surface area contributed by atoms with Gasteiger partial charge in [-0.3, -0.25) is 4.79 Å². The van der Waals surface area contributed by atoms with Crippen molar-refractivity contribution in [1.29, 1.82) is 0 Å². The third-order valence-electron chi connectivity index (χ3n) is 3.20. The first kappa shape index (κ1) is 14.7. The molecule has 0 radical (unpaired) electrons. The lowest BCUT2D eigenvalue weighted by Gasteiger charge is -2.24. The first-order valence-electron chi connectivity index (χ1n) is 6.61. The highest BCUT2D eigenvalue weighted by molar-refractivity contribution is 6.30. The molecule has 2 N–H and O–H groups in total. The zero-order valence-electron chi connectivity index (χ0n) is 11.2. The minimum Gasteiger partial charge on any atom is -0.439 e. The lowest BCUT2D eigenvalue weighted by molar-refractivity contribution is -0.123. The molecule has 1 aliphatic heterocycles. The molecule has 108 valence electrons. The maximum atomic E-state index is 12.1. The quantitative estimate of drug-likeness (QED) is 0.510. The van der Waals surface area contributed by atoms with E-state index in [1.165, 1.54) is 0 Å². The molecule has 1 amide bonds. The summed E-state index contributed by atoms with van der Waals surface area (Å²) in [5.74, 6) is -0.228. The van der Waals surface area contributed by atoms with Crippen molar-refractivity contribution in [2.24, 2.45) is 11.1 Å². The Morgan fingerprint density at radius 3 is 3.10 bits per heavy atom. The van der Waals surface area contributed by atoms with Crippen LogP contribution in [0, 0.1) is 5.92 Å². The number of hydrogen-bond donors (Lipinski definition) is 2. The van der Waals surface area contributed by atoms with Crippen LogP contribution in [0.5, 0.6) is 5.75 Å². The van der Waals surface area contributed by atoms with Crippen LogP contribution in [0.2, 0.25) is 5.02 Å². The summed E-state index contributed by atoms with van der Waals surface area (Å²) in [6, 6.07) is 5.16. The minimum absolute atomic E-state index is 0.0221. The van der Waals surface area contributed by atoms with E-state index >= 15 is 0 Å². The number of ether oxygens (including phenoxy) is 1. The van der Waals surface area contributed by atoms with Crippen LogP contribution in [0.25, 0.3) is 0 Å². The lowest BCUT2D eigenvalue weighted by Crippen LogP contribution is -2.41. The number of carbonyl (C=O) groups is 1. The van der Waals surface area contributed by atoms with Gasteiger partial charge in [-0.25, -0.2) is 0 Å². The molecule has 6 heteroatoms. The van der Waals surface area contributed by atoms with Gasteiger partial charge in [-0.05, 0) is 36.6 Å². The highest BCUT2D eigenvalue weighted by Gasteiger charge is 2.33. The van der Waals surface area contributed by atoms with Crippen LogP contribution in [-0.4, -0.2) is 23.6 Å². The van der Waals surface area contributed by atoms with Gasteiger partial charge >= 0.3 is 0 Å². The molecule has 1 aromatic rings. The molecule has 1 aromatic carbocycles. The molecule has 0 aromatic heterocycles. The van der Waals surface area contributed by atoms with Gasteiger partial charge in [-0.15, -0.1) is 0 Å². The van der Waals surface area contributed by atoms with Gasteiger partial charge in [0.1, 0.15) is 11.7 Å². The summed E-state index contributed by atoms with van der Waals surface area (Å²) in [5, 5.41) is 15.5. The number of unbranched alkanes of at least 4 members (excludes halogenated alkanes) is 1. The van der Waals surface area contributed by atoms with E-state index < -0.39 is 5.92 Å². The van der Waals surface area contributed by atoms with Crippen LogP contribution in [0.15, 0.2) is 23.4 Å². The second-order valence-electron chi connectivity index (χ2n) is 4.69. The van der Waals surface area contributed by atoms with Crippen LogP contribution in [-0.2, 0) is 11.2 Å². The number of oxime groups is 1. The molecule has 20 heavy (non-hydrogen) atoms. The Morgan fingerprint density at radius 2 is 2.40 bits per heavy atom. The van der Waals surface area contributed by atoms with Crippen molar-refractivity contribution in [3.63, 3.8) is 0 Å². The smallest absolute Gasteiger partial charge is 0.243 e. The first-order valence-corrected chi connectivity index (χ1v) is 6.99. The van der Waals surface area contributed by atoms with Crippen LogP contribution in [0.1, 0.15) is 25.3 Å². The van der Waals surface area contributed by atoms with Crippen molar-refractivity contribution in [3.8, 4) is 5.75 Å². The topological polar surface area (TPSA) is 70.9 Å². The van der Waals surface area contributed by atoms with E-state index in [1.54, 1.807) is 18.2 Å². The molecule has 0 saturated heterocycles. The number of benzene rings is 1. The summed E-state index contributed by atoms with van der Waals surface area (Å²) < 4.78 is 5.46. The van der Waals surface area contributed by atoms with Crippen LogP contribution < -0.4 is 10.1 Å². The number of nitrogens with one attached hydrogen (secondary N) is 1. The fourth-order valence-corrected chi connectivity index (χ4v) is 2.30. The number of fused-ring (bicyclic) bond motifs is 1. The predicted octanol–water partition coefficient (Wildman–Crippen LogP) is 2.60. The second-order valence-corrected chi connectivity index (χ2v) is 5.13. The number of halogens is 1. The molecule has 0 aliphatic carbocycles. The van der Waals surface area contributed by atoms with Gasteiger partial charge in [0.25, 0.3) is 0 Å². The lowest BCUT2D eigenvalue weighted by atomic mass is 9.95. The predicted molar refractivity (Wildman–Crippen MR) is 76.4 cm³/mol. The van der Waals surface area contributed by atoms with Crippen molar-refractivity contribution < 1.29 is 14.7 Å². The summed E-state index contributed by atoms with van der Waals surface area (Å²) in [5.41, 5.74) is 0.834. The summed E-state index contributed by atoms with van der Waals surface area (Å²) in [6.45, 7) is 2.65. The van der Waals surface area contributed by atoms with Gasteiger partial charge in [-0.2, -0.15) is 0 Å². The summed E-state index contributed by atoms with van der Waals surface area (Å²) in [6.07, 6.45) is 2.32. The molecule has 1 atom stereocenters. The molecule has 0 bridgehead atoms. The monoisotopic (exact) mass is 296 g/mol. The average molecular weight is 297 g/mol. The third kappa shape index (κ3) is 3.22. The Bertz CT molecular complexity index is 531. The number of carbonyl (C=O) groups excluding carboxylic acids is 1. The zero-order valence-corrected chi connectivity index (χ0v) is 12.0. The fourth-order valence-electron chi connectivity index (χ4n) is 2.10. The van der Waals surface area contributed by atoms with Gasteiger partial charge in [0.2, 0.25) is 11.8 Å². The molecule has 1 unspecified atom stereocenters. The molecule has 0 saturated carbocycles. The molecule has 0 fully saturated rings. The molecule has 2 rings (SSSR count). The molecular formula is C14H17ClN2O3. The van der Waals surface area contributed by atoms with E-state index in [1.807, 2.05) is 0 Å². The normalized spacial score (nSPS) is 19.3. The molecule has 5 nitrogen and oxygen atoms in total. The highest BCUT2D eigenvalue weighted by atomic mass is 35.5. The highest BCUT2D eigenvalue weighted by Crippen LogP contribution is 2.31. The second kappa shape index (κ2) is 6.61. The number of rotatable bonds is 4. The minimum atomic E-state index is -0.622. The van der Waals surface area contributed by atoms with E-state index in [2.05, 4.69) is 17.4 Å². The van der Waals surface area contributed by atoms with E-state index in [9.17, 15) is 4.79 Å². The van der Waals surface area contributed by atoms with Crippen LogP contribution >= 0.6 is 11.6 Å². The van der Waals surface area contributed by atoms with Gasteiger partial charge in [-0.1, -0.05) is 30.1 Å². The number of hydrogen-bond acceptors (Lipinski definition) is 4. The Kier molecular flexibility index (Phi) is 4.84. The van der Waals surface area contributed by atoms with Gasteiger partial charge < -0.3 is 15.3 Å². The van der Waals surface area contributed by atoms with Crippen molar-refractivity contribution in [1.82, 2.24) is 5.32 Å². The maximum Gasteiger partial charge on any atom is 0.243 e. The van der Waals surface area contributed by atoms with Gasteiger partial charge in [0.05, 0.1) is 0 Å². The van der Waals surface area contributed by atoms with Crippen LogP contribution in [0.4, 0.5) is 0 Å². The van der Waals surface area contributed by atoms with E-state index in [4.69, 9.17) is 21.5 Å². The van der Waals surface area contributed by atoms with E-state index in [0.717, 1.165) is 18.4 Å². The SMILES string of the molecule is CCCCNC(=O)C1Cc2cc(Cl)ccc2O/C1=N\O. The molecule has 1 heterocycles. The average Bonchev–Trinajstić information content (AvgIpc) is 2.45. The Labute approximate surface area is 122 Å². The molecule has 0 spiro atoms. The van der Waals surface area contributed by atoms with Crippen molar-refractivity contribution in [3.05, 3.63) is 28.8 Å². The van der Waals surface area contributed by atoms with Crippen molar-refractivity contribution in [2.75, 3.05) is 6.54 Å². The third-order valence-corrected chi connectivity index (χ3v) is 3.44. The standard InChI is InChI=1S/C14H17ClN2O3/c1-2-3-6-16-13(18)11-8-9-7-10(15)4-5-12(9)20-14(11)17-19/h4-5,7,11,19H,2-3,6,8H2,1H3,(H,16,18)/b17-14-. The summed E-state index contributed by atoms with van der Waals surface area (Å²) in [4.78, 5) is 12.1.